The highest BCUT2D eigenvalue weighted by Crippen LogP contribution is 2.25. The molecule has 0 radical (unpaired) electrons. The number of fused-ring (bicyclic) bond motifs is 1. The van der Waals surface area contributed by atoms with E-state index in [-0.39, 0.29) is 5.91 Å². The number of rotatable bonds is 3. The van der Waals surface area contributed by atoms with Crippen LogP contribution in [0.25, 0.3) is 0 Å². The van der Waals surface area contributed by atoms with Crippen molar-refractivity contribution in [1.82, 2.24) is 5.32 Å². The van der Waals surface area contributed by atoms with Crippen LogP contribution in [0.3, 0.4) is 0 Å². The second-order valence-electron chi connectivity index (χ2n) is 5.47. The number of nitrogens with one attached hydrogen (secondary N) is 2. The molecule has 1 aliphatic heterocycles. The Morgan fingerprint density at radius 2 is 2.05 bits per heavy atom. The number of benzene rings is 2. The maximum atomic E-state index is 12.5. The molecule has 0 spiro atoms. The molecule has 0 aromatic heterocycles. The molecule has 108 valence electrons. The van der Waals surface area contributed by atoms with Gasteiger partial charge in [-0.3, -0.25) is 4.79 Å². The zero-order valence-corrected chi connectivity index (χ0v) is 12.3. The second kappa shape index (κ2) is 6.00. The van der Waals surface area contributed by atoms with Gasteiger partial charge in [0.05, 0.1) is 0 Å². The smallest absolute Gasteiger partial charge is 0.251 e. The monoisotopic (exact) mass is 280 g/mol. The Morgan fingerprint density at radius 3 is 2.90 bits per heavy atom. The third kappa shape index (κ3) is 2.92. The Bertz CT molecular complexity index is 664. The van der Waals surface area contributed by atoms with Gasteiger partial charge in [-0.2, -0.15) is 0 Å². The van der Waals surface area contributed by atoms with Gasteiger partial charge in [-0.25, -0.2) is 0 Å². The largest absolute Gasteiger partial charge is 0.385 e. The van der Waals surface area contributed by atoms with E-state index in [2.05, 4.69) is 29.7 Å². The average molecular weight is 280 g/mol. The summed E-state index contributed by atoms with van der Waals surface area (Å²) in [5, 5.41) is 6.40. The number of carbonyl (C=O) groups excluding carboxylic acids is 1. The Balaban J connectivity index is 1.76. The van der Waals surface area contributed by atoms with Gasteiger partial charge in [0.2, 0.25) is 0 Å². The van der Waals surface area contributed by atoms with Crippen molar-refractivity contribution in [2.24, 2.45) is 0 Å². The summed E-state index contributed by atoms with van der Waals surface area (Å²) >= 11 is 0. The van der Waals surface area contributed by atoms with Crippen molar-refractivity contribution in [3.63, 3.8) is 0 Å². The number of carbonyl (C=O) groups is 1. The van der Waals surface area contributed by atoms with Crippen molar-refractivity contribution < 1.29 is 4.79 Å². The van der Waals surface area contributed by atoms with Gasteiger partial charge in [0, 0.05) is 24.3 Å². The molecule has 0 atom stereocenters. The van der Waals surface area contributed by atoms with Crippen LogP contribution in [-0.4, -0.2) is 12.5 Å². The molecule has 2 aromatic carbocycles. The lowest BCUT2D eigenvalue weighted by molar-refractivity contribution is 0.0950. The molecule has 1 heterocycles. The van der Waals surface area contributed by atoms with Crippen molar-refractivity contribution in [2.45, 2.75) is 26.3 Å². The van der Waals surface area contributed by atoms with E-state index in [4.69, 9.17) is 0 Å². The predicted molar refractivity (Wildman–Crippen MR) is 85.6 cm³/mol. The minimum atomic E-state index is 0.0128. The Kier molecular flexibility index (Phi) is 3.91. The van der Waals surface area contributed by atoms with E-state index in [0.29, 0.717) is 6.54 Å². The van der Waals surface area contributed by atoms with E-state index in [1.54, 1.807) is 0 Å². The first kappa shape index (κ1) is 13.7. The van der Waals surface area contributed by atoms with E-state index in [0.717, 1.165) is 41.8 Å². The first-order valence-electron chi connectivity index (χ1n) is 7.44. The summed E-state index contributed by atoms with van der Waals surface area (Å²) in [5.41, 5.74) is 5.41. The minimum Gasteiger partial charge on any atom is -0.385 e. The van der Waals surface area contributed by atoms with E-state index < -0.39 is 0 Å². The molecule has 2 N–H and O–H groups in total. The second-order valence-corrected chi connectivity index (χ2v) is 5.47. The molecule has 2 aromatic rings. The lowest BCUT2D eigenvalue weighted by Crippen LogP contribution is -2.26. The summed E-state index contributed by atoms with van der Waals surface area (Å²) < 4.78 is 0. The molecule has 1 amide bonds. The van der Waals surface area contributed by atoms with Crippen LogP contribution in [0.15, 0.2) is 42.5 Å². The highest BCUT2D eigenvalue weighted by Gasteiger charge is 2.17. The van der Waals surface area contributed by atoms with Gasteiger partial charge in [0.25, 0.3) is 5.91 Å². The van der Waals surface area contributed by atoms with Gasteiger partial charge in [-0.1, -0.05) is 30.3 Å². The first-order chi connectivity index (χ1) is 10.3. The van der Waals surface area contributed by atoms with Gasteiger partial charge in [-0.15, -0.1) is 0 Å². The topological polar surface area (TPSA) is 41.1 Å². The fourth-order valence-corrected chi connectivity index (χ4v) is 2.80. The summed E-state index contributed by atoms with van der Waals surface area (Å²) in [6, 6.07) is 14.0. The summed E-state index contributed by atoms with van der Waals surface area (Å²) in [6.07, 6.45) is 2.05. The number of hydrogen-bond acceptors (Lipinski definition) is 2. The van der Waals surface area contributed by atoms with Crippen molar-refractivity contribution in [3.8, 4) is 0 Å². The molecule has 0 fully saturated rings. The van der Waals surface area contributed by atoms with Crippen LogP contribution in [0.1, 0.15) is 33.5 Å². The molecule has 1 aliphatic rings. The van der Waals surface area contributed by atoms with E-state index in [1.807, 2.05) is 30.3 Å². The molecule has 21 heavy (non-hydrogen) atoms. The Hall–Kier alpha value is -2.29. The summed E-state index contributed by atoms with van der Waals surface area (Å²) in [7, 11) is 0. The number of amides is 1. The maximum absolute atomic E-state index is 12.5. The minimum absolute atomic E-state index is 0.0128. The fraction of sp³-hybridized carbons (Fsp3) is 0.278. The lowest BCUT2D eigenvalue weighted by Gasteiger charge is -2.20. The lowest BCUT2D eigenvalue weighted by atomic mass is 9.97. The van der Waals surface area contributed by atoms with E-state index >= 15 is 0 Å². The van der Waals surface area contributed by atoms with Crippen LogP contribution in [-0.2, 0) is 13.0 Å². The van der Waals surface area contributed by atoms with Crippen LogP contribution in [0.2, 0.25) is 0 Å². The molecule has 0 bridgehead atoms. The molecule has 3 nitrogen and oxygen atoms in total. The molecule has 0 unspecified atom stereocenters. The molecule has 0 saturated carbocycles. The zero-order chi connectivity index (χ0) is 14.7. The first-order valence-corrected chi connectivity index (χ1v) is 7.44. The number of anilines is 1. The highest BCUT2D eigenvalue weighted by molar-refractivity contribution is 5.97. The van der Waals surface area contributed by atoms with Crippen LogP contribution < -0.4 is 10.6 Å². The SMILES string of the molecule is Cc1ccccc1CNC(=O)c1cccc2c1CCCN2. The quantitative estimate of drug-likeness (QED) is 0.906. The number of aryl methyl sites for hydroxylation is 1. The van der Waals surface area contributed by atoms with Crippen LogP contribution >= 0.6 is 0 Å². The predicted octanol–water partition coefficient (Wildman–Crippen LogP) is 3.28. The summed E-state index contributed by atoms with van der Waals surface area (Å²) in [4.78, 5) is 12.5. The molecular weight excluding hydrogens is 260 g/mol. The zero-order valence-electron chi connectivity index (χ0n) is 12.3. The molecule has 0 aliphatic carbocycles. The normalized spacial score (nSPS) is 13.2. The maximum Gasteiger partial charge on any atom is 0.251 e. The summed E-state index contributed by atoms with van der Waals surface area (Å²) in [6.45, 7) is 3.62. The fourth-order valence-electron chi connectivity index (χ4n) is 2.80. The van der Waals surface area contributed by atoms with Gasteiger partial charge in [0.1, 0.15) is 0 Å². The third-order valence-electron chi connectivity index (χ3n) is 4.04. The van der Waals surface area contributed by atoms with Crippen molar-refractivity contribution in [2.75, 3.05) is 11.9 Å². The van der Waals surface area contributed by atoms with E-state index in [9.17, 15) is 4.79 Å². The molecular formula is C18H20N2O. The highest BCUT2D eigenvalue weighted by atomic mass is 16.1. The van der Waals surface area contributed by atoms with E-state index in [1.165, 1.54) is 5.56 Å². The number of hydrogen-bond donors (Lipinski definition) is 2. The van der Waals surface area contributed by atoms with Gasteiger partial charge < -0.3 is 10.6 Å². The van der Waals surface area contributed by atoms with Crippen LogP contribution in [0.4, 0.5) is 5.69 Å². The standard InChI is InChI=1S/C18H20N2O/c1-13-6-2-3-7-14(13)12-20-18(21)16-8-4-10-17-15(16)9-5-11-19-17/h2-4,6-8,10,19H,5,9,11-12H2,1H3,(H,20,21). The van der Waals surface area contributed by atoms with Gasteiger partial charge in [-0.05, 0) is 48.6 Å². The average Bonchev–Trinajstić information content (AvgIpc) is 2.53. The van der Waals surface area contributed by atoms with Crippen LogP contribution in [0, 0.1) is 6.92 Å². The third-order valence-corrected chi connectivity index (χ3v) is 4.04. The molecule has 3 heteroatoms. The van der Waals surface area contributed by atoms with Gasteiger partial charge >= 0.3 is 0 Å². The van der Waals surface area contributed by atoms with Gasteiger partial charge in [0.15, 0.2) is 0 Å². The molecule has 3 rings (SSSR count). The van der Waals surface area contributed by atoms with Crippen LogP contribution in [0.5, 0.6) is 0 Å². The summed E-state index contributed by atoms with van der Waals surface area (Å²) in [5.74, 6) is 0.0128. The molecule has 0 saturated heterocycles. The van der Waals surface area contributed by atoms with Crippen molar-refractivity contribution in [1.29, 1.82) is 0 Å². The van der Waals surface area contributed by atoms with Crippen molar-refractivity contribution in [3.05, 3.63) is 64.7 Å². The Morgan fingerprint density at radius 1 is 1.19 bits per heavy atom. The van der Waals surface area contributed by atoms with Crippen molar-refractivity contribution >= 4 is 11.6 Å². The Labute approximate surface area is 125 Å².